The van der Waals surface area contributed by atoms with E-state index in [0.29, 0.717) is 5.92 Å². The molecule has 216 valence electrons. The first-order valence-electron chi connectivity index (χ1n) is 15.5. The molecule has 0 N–H and O–H groups in total. The van der Waals surface area contributed by atoms with Gasteiger partial charge in [0.25, 0.3) is 0 Å². The van der Waals surface area contributed by atoms with Crippen LogP contribution in [0.1, 0.15) is 38.3 Å². The van der Waals surface area contributed by atoms with Crippen molar-refractivity contribution < 1.29 is 0 Å². The lowest BCUT2D eigenvalue weighted by atomic mass is 9.76. The van der Waals surface area contributed by atoms with Crippen molar-refractivity contribution in [1.82, 2.24) is 9.55 Å². The Labute approximate surface area is 263 Å². The van der Waals surface area contributed by atoms with Gasteiger partial charge in [0.05, 0.1) is 27.8 Å². The Morgan fingerprint density at radius 2 is 1.61 bits per heavy atom. The van der Waals surface area contributed by atoms with Crippen molar-refractivity contribution in [2.75, 3.05) is 4.90 Å². The summed E-state index contributed by atoms with van der Waals surface area (Å²) >= 11 is 1.94. The average molecular weight is 590 g/mol. The van der Waals surface area contributed by atoms with Crippen molar-refractivity contribution in [2.24, 2.45) is 5.92 Å². The van der Waals surface area contributed by atoms with Crippen LogP contribution < -0.4 is 15.6 Å². The van der Waals surface area contributed by atoms with Crippen LogP contribution in [0.15, 0.2) is 127 Å². The van der Waals surface area contributed by atoms with E-state index in [1.165, 1.54) is 38.3 Å². The third-order valence-electron chi connectivity index (χ3n) is 9.50. The zero-order valence-corrected chi connectivity index (χ0v) is 26.2. The smallest absolute Gasteiger partial charge is 0.145 e. The minimum atomic E-state index is -0.104. The van der Waals surface area contributed by atoms with Crippen molar-refractivity contribution in [2.45, 2.75) is 42.8 Å². The molecule has 1 aromatic heterocycles. The van der Waals surface area contributed by atoms with Gasteiger partial charge < -0.3 is 4.90 Å². The van der Waals surface area contributed by atoms with Gasteiger partial charge in [0.15, 0.2) is 0 Å². The van der Waals surface area contributed by atoms with E-state index in [1.807, 2.05) is 11.8 Å². The fourth-order valence-electron chi connectivity index (χ4n) is 7.39. The molecule has 0 fully saturated rings. The van der Waals surface area contributed by atoms with Gasteiger partial charge in [-0.2, -0.15) is 0 Å². The minimum absolute atomic E-state index is 0.104. The summed E-state index contributed by atoms with van der Waals surface area (Å²) in [5.41, 5.74) is 9.57. The van der Waals surface area contributed by atoms with E-state index in [-0.39, 0.29) is 10.7 Å². The number of aromatic nitrogens is 2. The number of rotatable bonds is 5. The zero-order valence-electron chi connectivity index (χ0n) is 25.4. The SMILES string of the molecule is C=C(c1ccc(N2C3=c4c(nc(-c5ccccc5)n4-c4ccccc42)=CCC3C)cc1)C1Sc2ccccc2C1(C)/C=C\C. The standard InChI is InChI=1S/C40H35N3S/c1-5-25-40(4)31-15-9-12-18-35(31)44-38(40)27(3)28-20-22-30(23-21-28)42-33-16-10-11-17-34(33)43-37-32(24-19-26(2)36(37)42)41-39(43)29-13-7-6-8-14-29/h5-18,20-26,38H,3,19H2,1-2,4H3/b25-5-. The van der Waals surface area contributed by atoms with Gasteiger partial charge in [0.2, 0.25) is 0 Å². The van der Waals surface area contributed by atoms with Crippen LogP contribution >= 0.6 is 11.8 Å². The lowest BCUT2D eigenvalue weighted by Gasteiger charge is -2.37. The Bertz CT molecular complexity index is 2090. The maximum atomic E-state index is 5.21. The molecule has 0 radical (unpaired) electrons. The molecule has 1 aliphatic carbocycles. The molecule has 0 bridgehead atoms. The van der Waals surface area contributed by atoms with Gasteiger partial charge in [0, 0.05) is 32.7 Å². The van der Waals surface area contributed by atoms with E-state index in [1.54, 1.807) is 0 Å². The molecule has 0 spiro atoms. The zero-order chi connectivity index (χ0) is 30.0. The summed E-state index contributed by atoms with van der Waals surface area (Å²) in [6.07, 6.45) is 7.81. The number of imidazole rings is 1. The Balaban J connectivity index is 1.24. The van der Waals surface area contributed by atoms with Gasteiger partial charge in [-0.25, -0.2) is 4.98 Å². The van der Waals surface area contributed by atoms with Crippen molar-refractivity contribution >= 4 is 40.5 Å². The van der Waals surface area contributed by atoms with Crippen molar-refractivity contribution in [3.05, 3.63) is 144 Å². The number of para-hydroxylation sites is 2. The monoisotopic (exact) mass is 589 g/mol. The van der Waals surface area contributed by atoms with Gasteiger partial charge in [-0.3, -0.25) is 4.57 Å². The Morgan fingerprint density at radius 1 is 0.909 bits per heavy atom. The molecular weight excluding hydrogens is 555 g/mol. The van der Waals surface area contributed by atoms with E-state index in [2.05, 4.69) is 158 Å². The summed E-state index contributed by atoms with van der Waals surface area (Å²) in [4.78, 5) is 9.03. The number of allylic oxidation sites excluding steroid dienone is 2. The minimum Gasteiger partial charge on any atom is -0.310 e. The van der Waals surface area contributed by atoms with Gasteiger partial charge >= 0.3 is 0 Å². The highest BCUT2D eigenvalue weighted by Crippen LogP contribution is 2.54. The molecule has 2 aliphatic heterocycles. The van der Waals surface area contributed by atoms with Crippen LogP contribution in [0, 0.1) is 5.92 Å². The van der Waals surface area contributed by atoms with Crippen LogP contribution in [-0.2, 0) is 5.41 Å². The topological polar surface area (TPSA) is 21.1 Å². The predicted molar refractivity (Wildman–Crippen MR) is 186 cm³/mol. The molecule has 4 heteroatoms. The Kier molecular flexibility index (Phi) is 6.32. The van der Waals surface area contributed by atoms with E-state index >= 15 is 0 Å². The third-order valence-corrected chi connectivity index (χ3v) is 11.1. The molecule has 0 amide bonds. The molecule has 4 aromatic carbocycles. The molecule has 3 aliphatic rings. The molecule has 3 atom stereocenters. The summed E-state index contributed by atoms with van der Waals surface area (Å²) in [5.74, 6) is 1.34. The molecule has 44 heavy (non-hydrogen) atoms. The second-order valence-corrected chi connectivity index (χ2v) is 13.4. The number of nitrogens with zero attached hydrogens (tertiary/aromatic N) is 3. The normalized spacial score (nSPS) is 21.5. The number of thioether (sulfide) groups is 1. The molecule has 8 rings (SSSR count). The number of fused-ring (bicyclic) bond motifs is 3. The third kappa shape index (κ3) is 3.94. The fraction of sp³-hybridized carbons (Fsp3) is 0.175. The van der Waals surface area contributed by atoms with Crippen molar-refractivity contribution in [1.29, 1.82) is 0 Å². The molecule has 0 saturated carbocycles. The Hall–Kier alpha value is -4.54. The van der Waals surface area contributed by atoms with Crippen LogP contribution in [0.2, 0.25) is 0 Å². The second kappa shape index (κ2) is 10.3. The highest BCUT2D eigenvalue weighted by Gasteiger charge is 2.43. The van der Waals surface area contributed by atoms with Crippen molar-refractivity contribution in [3.8, 4) is 17.1 Å². The molecule has 0 saturated heterocycles. The molecule has 3 unspecified atom stereocenters. The summed E-state index contributed by atoms with van der Waals surface area (Å²) in [7, 11) is 0. The molecule has 3 nitrogen and oxygen atoms in total. The number of hydrogen-bond donors (Lipinski definition) is 0. The first-order chi connectivity index (χ1) is 21.5. The summed E-state index contributed by atoms with van der Waals surface area (Å²) < 4.78 is 2.38. The Morgan fingerprint density at radius 3 is 2.39 bits per heavy atom. The van der Waals surface area contributed by atoms with Crippen LogP contribution in [0.4, 0.5) is 11.4 Å². The summed E-state index contributed by atoms with van der Waals surface area (Å²) in [6.45, 7) is 11.5. The second-order valence-electron chi connectivity index (χ2n) is 12.3. The van der Waals surface area contributed by atoms with Crippen LogP contribution in [0.3, 0.4) is 0 Å². The maximum absolute atomic E-state index is 5.21. The first-order valence-corrected chi connectivity index (χ1v) is 16.3. The van der Waals surface area contributed by atoms with Gasteiger partial charge in [-0.05, 0) is 60.4 Å². The highest BCUT2D eigenvalue weighted by atomic mass is 32.2. The fourth-order valence-corrected chi connectivity index (χ4v) is 8.94. The van der Waals surface area contributed by atoms with E-state index < -0.39 is 0 Å². The lowest BCUT2D eigenvalue weighted by Crippen LogP contribution is -2.44. The number of hydrogen-bond acceptors (Lipinski definition) is 3. The first kappa shape index (κ1) is 27.0. The van der Waals surface area contributed by atoms with Crippen LogP contribution in [-0.4, -0.2) is 14.8 Å². The highest BCUT2D eigenvalue weighted by molar-refractivity contribution is 8.00. The molecule has 3 heterocycles. The molecule has 5 aromatic rings. The van der Waals surface area contributed by atoms with E-state index in [4.69, 9.17) is 4.98 Å². The summed E-state index contributed by atoms with van der Waals surface area (Å²) in [6, 6.07) is 37.2. The number of benzene rings is 4. The number of anilines is 2. The van der Waals surface area contributed by atoms with E-state index in [0.717, 1.165) is 34.5 Å². The van der Waals surface area contributed by atoms with E-state index in [9.17, 15) is 0 Å². The lowest BCUT2D eigenvalue weighted by molar-refractivity contribution is 0.633. The van der Waals surface area contributed by atoms with Crippen molar-refractivity contribution in [3.63, 3.8) is 0 Å². The summed E-state index contributed by atoms with van der Waals surface area (Å²) in [5, 5.41) is 2.51. The largest absolute Gasteiger partial charge is 0.310 e. The van der Waals surface area contributed by atoms with Crippen LogP contribution in [0.5, 0.6) is 0 Å². The predicted octanol–water partition coefficient (Wildman–Crippen LogP) is 8.64. The van der Waals surface area contributed by atoms with Gasteiger partial charge in [0.1, 0.15) is 5.82 Å². The van der Waals surface area contributed by atoms with Gasteiger partial charge in [-0.15, -0.1) is 11.8 Å². The average Bonchev–Trinajstić information content (AvgIpc) is 3.59. The maximum Gasteiger partial charge on any atom is 0.145 e. The van der Waals surface area contributed by atoms with Crippen LogP contribution in [0.25, 0.3) is 34.4 Å². The quantitative estimate of drug-likeness (QED) is 0.192. The van der Waals surface area contributed by atoms with Gasteiger partial charge in [-0.1, -0.05) is 111 Å². The molecular formula is C40H35N3S.